The van der Waals surface area contributed by atoms with Gasteiger partial charge in [0.25, 0.3) is 0 Å². The average molecular weight is 344 g/mol. The summed E-state index contributed by atoms with van der Waals surface area (Å²) in [7, 11) is 3.22. The second-order valence-electron chi connectivity index (χ2n) is 5.47. The van der Waals surface area contributed by atoms with E-state index in [0.29, 0.717) is 29.0 Å². The molecule has 132 valence electrons. The molecule has 0 amide bonds. The fourth-order valence-electron chi connectivity index (χ4n) is 2.49. The summed E-state index contributed by atoms with van der Waals surface area (Å²) in [5.74, 6) is 0.992. The normalized spacial score (nSPS) is 13.4. The molecule has 0 atom stereocenters. The second-order valence-corrected chi connectivity index (χ2v) is 5.47. The highest BCUT2D eigenvalue weighted by Gasteiger charge is 2.31. The van der Waals surface area contributed by atoms with Crippen molar-refractivity contribution in [1.29, 1.82) is 0 Å². The lowest BCUT2D eigenvalue weighted by atomic mass is 10.1. The molecule has 0 aromatic carbocycles. The monoisotopic (exact) mass is 344 g/mol. The van der Waals surface area contributed by atoms with Crippen LogP contribution in [0.25, 0.3) is 11.4 Å². The Hall–Kier alpha value is -2.81. The predicted molar refractivity (Wildman–Crippen MR) is 90.2 cm³/mol. The van der Waals surface area contributed by atoms with Crippen LogP contribution in [0.5, 0.6) is 5.88 Å². The van der Waals surface area contributed by atoms with Gasteiger partial charge in [0.1, 0.15) is 17.5 Å². The molecule has 0 unspecified atom stereocenters. The van der Waals surface area contributed by atoms with Gasteiger partial charge >= 0.3 is 5.97 Å². The first-order chi connectivity index (χ1) is 12.2. The second kappa shape index (κ2) is 7.39. The van der Waals surface area contributed by atoms with Gasteiger partial charge in [0.15, 0.2) is 11.6 Å². The number of rotatable bonds is 7. The number of carbonyl (C=O) groups excluding carboxylic acids is 1. The smallest absolute Gasteiger partial charge is 0.343 e. The van der Waals surface area contributed by atoms with E-state index in [2.05, 4.69) is 30.8 Å². The topological polar surface area (TPSA) is 111 Å². The van der Waals surface area contributed by atoms with Gasteiger partial charge in [0, 0.05) is 19.2 Å². The summed E-state index contributed by atoms with van der Waals surface area (Å²) >= 11 is 0. The molecule has 1 aliphatic carbocycles. The number of hydrogen-bond acceptors (Lipinski definition) is 9. The van der Waals surface area contributed by atoms with E-state index in [4.69, 9.17) is 9.47 Å². The van der Waals surface area contributed by atoms with Crippen molar-refractivity contribution in [1.82, 2.24) is 25.4 Å². The van der Waals surface area contributed by atoms with Crippen LogP contribution in [0.15, 0.2) is 12.5 Å². The quantitative estimate of drug-likeness (QED) is 0.570. The Morgan fingerprint density at radius 3 is 2.76 bits per heavy atom. The average Bonchev–Trinajstić information content (AvgIpc) is 3.46. The van der Waals surface area contributed by atoms with Crippen molar-refractivity contribution in [2.75, 3.05) is 26.2 Å². The Labute approximate surface area is 145 Å². The molecule has 2 N–H and O–H groups in total. The van der Waals surface area contributed by atoms with Gasteiger partial charge in [0.05, 0.1) is 19.4 Å². The van der Waals surface area contributed by atoms with Gasteiger partial charge in [-0.2, -0.15) is 0 Å². The third-order valence-electron chi connectivity index (χ3n) is 3.75. The van der Waals surface area contributed by atoms with Crippen molar-refractivity contribution in [2.24, 2.45) is 0 Å². The minimum Gasteiger partial charge on any atom is -0.480 e. The summed E-state index contributed by atoms with van der Waals surface area (Å²) in [6.45, 7) is 2.01. The molecule has 1 aliphatic rings. The van der Waals surface area contributed by atoms with Crippen molar-refractivity contribution in [3.63, 3.8) is 0 Å². The predicted octanol–water partition coefficient (Wildman–Crippen LogP) is 1.54. The van der Waals surface area contributed by atoms with Crippen LogP contribution in [0.3, 0.4) is 0 Å². The van der Waals surface area contributed by atoms with Gasteiger partial charge in [0.2, 0.25) is 5.88 Å². The number of hydrogen-bond donors (Lipinski definition) is 2. The number of nitrogens with one attached hydrogen (secondary N) is 2. The summed E-state index contributed by atoms with van der Waals surface area (Å²) in [6.07, 6.45) is 5.05. The molecular weight excluding hydrogens is 324 g/mol. The standard InChI is InChI=1S/C16H20N6O3/c1-4-25-16(23)10-7-18-14(21-13(10)22-17-2)11-12(9-5-6-9)19-8-20-15(11)24-3/h7-9,17H,4-6H2,1-3H3,(H,18,21,22). The van der Waals surface area contributed by atoms with Crippen LogP contribution in [0.4, 0.5) is 5.82 Å². The Morgan fingerprint density at radius 1 is 1.32 bits per heavy atom. The van der Waals surface area contributed by atoms with Crippen LogP contribution in [0.1, 0.15) is 41.7 Å². The molecule has 1 saturated carbocycles. The third-order valence-corrected chi connectivity index (χ3v) is 3.75. The molecule has 25 heavy (non-hydrogen) atoms. The number of methoxy groups -OCH3 is 1. The van der Waals surface area contributed by atoms with Crippen molar-refractivity contribution in [3.05, 3.63) is 23.8 Å². The van der Waals surface area contributed by atoms with E-state index >= 15 is 0 Å². The Balaban J connectivity index is 2.09. The van der Waals surface area contributed by atoms with Crippen LogP contribution in [-0.4, -0.2) is 46.7 Å². The minimum atomic E-state index is -0.495. The molecule has 1 fully saturated rings. The number of anilines is 1. The number of ether oxygens (including phenoxy) is 2. The molecular formula is C16H20N6O3. The largest absolute Gasteiger partial charge is 0.480 e. The number of aromatic nitrogens is 4. The Bertz CT molecular complexity index is 778. The van der Waals surface area contributed by atoms with E-state index in [0.717, 1.165) is 18.5 Å². The van der Waals surface area contributed by atoms with Crippen molar-refractivity contribution in [2.45, 2.75) is 25.7 Å². The number of hydrazine groups is 1. The molecule has 0 bridgehead atoms. The lowest BCUT2D eigenvalue weighted by Crippen LogP contribution is -2.20. The summed E-state index contributed by atoms with van der Waals surface area (Å²) in [5.41, 5.74) is 7.37. The molecule has 9 heteroatoms. The van der Waals surface area contributed by atoms with Gasteiger partial charge in [-0.05, 0) is 19.8 Å². The van der Waals surface area contributed by atoms with Crippen molar-refractivity contribution >= 4 is 11.8 Å². The van der Waals surface area contributed by atoms with E-state index in [1.165, 1.54) is 12.5 Å². The fourth-order valence-corrected chi connectivity index (χ4v) is 2.49. The highest BCUT2D eigenvalue weighted by atomic mass is 16.5. The van der Waals surface area contributed by atoms with Crippen LogP contribution < -0.4 is 15.6 Å². The van der Waals surface area contributed by atoms with E-state index in [9.17, 15) is 4.79 Å². The molecule has 0 saturated heterocycles. The van der Waals surface area contributed by atoms with Crippen molar-refractivity contribution in [3.8, 4) is 17.3 Å². The zero-order valence-corrected chi connectivity index (χ0v) is 14.4. The first kappa shape index (κ1) is 17.0. The molecule has 0 aliphatic heterocycles. The minimum absolute atomic E-state index is 0.240. The zero-order valence-electron chi connectivity index (χ0n) is 14.4. The van der Waals surface area contributed by atoms with Gasteiger partial charge in [-0.25, -0.2) is 30.2 Å². The molecule has 2 heterocycles. The van der Waals surface area contributed by atoms with Crippen LogP contribution >= 0.6 is 0 Å². The van der Waals surface area contributed by atoms with E-state index in [-0.39, 0.29) is 12.2 Å². The summed E-state index contributed by atoms with van der Waals surface area (Å²) in [6, 6.07) is 0. The van der Waals surface area contributed by atoms with E-state index in [1.54, 1.807) is 21.1 Å². The highest BCUT2D eigenvalue weighted by Crippen LogP contribution is 2.44. The van der Waals surface area contributed by atoms with E-state index < -0.39 is 5.97 Å². The molecule has 9 nitrogen and oxygen atoms in total. The van der Waals surface area contributed by atoms with Crippen LogP contribution in [0, 0.1) is 0 Å². The van der Waals surface area contributed by atoms with E-state index in [1.807, 2.05) is 0 Å². The first-order valence-electron chi connectivity index (χ1n) is 8.05. The summed E-state index contributed by atoms with van der Waals surface area (Å²) < 4.78 is 10.4. The maximum atomic E-state index is 12.1. The maximum Gasteiger partial charge on any atom is 0.343 e. The van der Waals surface area contributed by atoms with Crippen LogP contribution in [-0.2, 0) is 4.74 Å². The summed E-state index contributed by atoms with van der Waals surface area (Å²) in [5, 5.41) is 0. The number of nitrogens with zero attached hydrogens (tertiary/aromatic N) is 4. The lowest BCUT2D eigenvalue weighted by Gasteiger charge is -2.13. The molecule has 2 aromatic heterocycles. The highest BCUT2D eigenvalue weighted by molar-refractivity contribution is 5.94. The molecule has 0 spiro atoms. The van der Waals surface area contributed by atoms with Gasteiger partial charge in [-0.1, -0.05) is 0 Å². The Kier molecular flexibility index (Phi) is 5.03. The van der Waals surface area contributed by atoms with Gasteiger partial charge in [-0.15, -0.1) is 0 Å². The lowest BCUT2D eigenvalue weighted by molar-refractivity contribution is 0.0526. The third kappa shape index (κ3) is 3.50. The molecule has 0 radical (unpaired) electrons. The fraction of sp³-hybridized carbons (Fsp3) is 0.438. The van der Waals surface area contributed by atoms with Crippen molar-refractivity contribution < 1.29 is 14.3 Å². The number of esters is 1. The Morgan fingerprint density at radius 2 is 2.12 bits per heavy atom. The maximum absolute atomic E-state index is 12.1. The summed E-state index contributed by atoms with van der Waals surface area (Å²) in [4.78, 5) is 29.4. The number of carbonyl (C=O) groups is 1. The van der Waals surface area contributed by atoms with Crippen LogP contribution in [0.2, 0.25) is 0 Å². The zero-order chi connectivity index (χ0) is 17.8. The van der Waals surface area contributed by atoms with Gasteiger partial charge in [-0.3, -0.25) is 0 Å². The van der Waals surface area contributed by atoms with Gasteiger partial charge < -0.3 is 14.9 Å². The first-order valence-corrected chi connectivity index (χ1v) is 8.05. The SMILES string of the molecule is CCOC(=O)c1cnc(-c2c(OC)ncnc2C2CC2)nc1NNC. The molecule has 2 aromatic rings. The molecule has 3 rings (SSSR count).